The van der Waals surface area contributed by atoms with Gasteiger partial charge in [0.05, 0.1) is 11.3 Å². The second-order valence-electron chi connectivity index (χ2n) is 4.34. The minimum Gasteiger partial charge on any atom is -0.322 e. The summed E-state index contributed by atoms with van der Waals surface area (Å²) in [6, 6.07) is 2.11. The third kappa shape index (κ3) is 1.37. The van der Waals surface area contributed by atoms with Gasteiger partial charge in [-0.2, -0.15) is 13.2 Å². The molecule has 0 radical (unpaired) electrons. The molecule has 0 aromatic heterocycles. The number of halogens is 3. The largest absolute Gasteiger partial charge is 0.418 e. The highest BCUT2D eigenvalue weighted by Gasteiger charge is 2.59. The molecule has 3 N–H and O–H groups in total. The van der Waals surface area contributed by atoms with Crippen LogP contribution < -0.4 is 16.0 Å². The Kier molecular flexibility index (Phi) is 2.18. The van der Waals surface area contributed by atoms with E-state index >= 15 is 0 Å². The van der Waals surface area contributed by atoms with Crippen LogP contribution in [0.2, 0.25) is 0 Å². The minimum absolute atomic E-state index is 0.222. The number of urea groups is 1. The highest BCUT2D eigenvalue weighted by atomic mass is 19.4. The predicted molar refractivity (Wildman–Crippen MR) is 58.4 cm³/mol. The first-order chi connectivity index (χ1) is 9.26. The van der Waals surface area contributed by atoms with Crippen molar-refractivity contribution in [3.8, 4) is 0 Å². The Morgan fingerprint density at radius 1 is 1.00 bits per heavy atom. The molecular weight excluding hydrogens is 279 g/mol. The Balaban J connectivity index is 2.26. The molecule has 1 spiro atoms. The average Bonchev–Trinajstić information content (AvgIpc) is 2.78. The zero-order valence-corrected chi connectivity index (χ0v) is 9.59. The smallest absolute Gasteiger partial charge is 0.322 e. The van der Waals surface area contributed by atoms with Gasteiger partial charge in [-0.25, -0.2) is 4.79 Å². The summed E-state index contributed by atoms with van der Waals surface area (Å²) in [5, 5.41) is 5.95. The van der Waals surface area contributed by atoms with Crippen molar-refractivity contribution >= 4 is 23.5 Å². The van der Waals surface area contributed by atoms with Crippen molar-refractivity contribution in [3.63, 3.8) is 0 Å². The van der Waals surface area contributed by atoms with E-state index in [9.17, 15) is 27.6 Å². The lowest BCUT2D eigenvalue weighted by Crippen LogP contribution is -2.49. The molecule has 0 bridgehead atoms. The molecule has 2 aliphatic rings. The normalized spacial score (nSPS) is 24.4. The Hall–Kier alpha value is -2.58. The molecule has 0 saturated carbocycles. The van der Waals surface area contributed by atoms with Crippen molar-refractivity contribution in [2.75, 3.05) is 5.32 Å². The lowest BCUT2D eigenvalue weighted by atomic mass is 9.90. The minimum atomic E-state index is -4.69. The van der Waals surface area contributed by atoms with Crippen molar-refractivity contribution in [1.82, 2.24) is 10.6 Å². The molecule has 2 heterocycles. The summed E-state index contributed by atoms with van der Waals surface area (Å²) < 4.78 is 38.6. The topological polar surface area (TPSA) is 87.3 Å². The average molecular weight is 285 g/mol. The first-order valence-electron chi connectivity index (χ1n) is 5.42. The van der Waals surface area contributed by atoms with E-state index in [0.717, 1.165) is 12.1 Å². The van der Waals surface area contributed by atoms with Gasteiger partial charge in [0, 0.05) is 5.56 Å². The summed E-state index contributed by atoms with van der Waals surface area (Å²) in [6.45, 7) is 0. The number of carbonyl (C=O) groups excluding carboxylic acids is 3. The fourth-order valence-electron chi connectivity index (χ4n) is 2.37. The third-order valence-corrected chi connectivity index (χ3v) is 3.22. The zero-order chi connectivity index (χ0) is 14.7. The number of rotatable bonds is 0. The maximum absolute atomic E-state index is 12.9. The van der Waals surface area contributed by atoms with E-state index in [1.54, 1.807) is 0 Å². The van der Waals surface area contributed by atoms with E-state index in [0.29, 0.717) is 0 Å². The quantitative estimate of drug-likeness (QED) is 0.484. The molecular formula is C11H6F3N3O3. The lowest BCUT2D eigenvalue weighted by molar-refractivity contribution is -0.137. The number of imide groups is 1. The molecule has 104 valence electrons. The van der Waals surface area contributed by atoms with Crippen LogP contribution in [0, 0.1) is 0 Å². The van der Waals surface area contributed by atoms with E-state index in [2.05, 4.69) is 5.32 Å². The van der Waals surface area contributed by atoms with E-state index in [1.807, 2.05) is 10.6 Å². The fourth-order valence-corrected chi connectivity index (χ4v) is 2.37. The van der Waals surface area contributed by atoms with Gasteiger partial charge in [0.15, 0.2) is 0 Å². The number of benzene rings is 1. The van der Waals surface area contributed by atoms with Crippen molar-refractivity contribution < 1.29 is 27.6 Å². The number of fused-ring (bicyclic) bond motifs is 2. The van der Waals surface area contributed by atoms with Crippen LogP contribution in [0.3, 0.4) is 0 Å². The van der Waals surface area contributed by atoms with Crippen molar-refractivity contribution in [3.05, 3.63) is 29.3 Å². The highest BCUT2D eigenvalue weighted by molar-refractivity contribution is 6.27. The van der Waals surface area contributed by atoms with Crippen LogP contribution in [0.5, 0.6) is 0 Å². The lowest BCUT2D eigenvalue weighted by Gasteiger charge is -2.18. The molecule has 3 rings (SSSR count). The van der Waals surface area contributed by atoms with E-state index in [4.69, 9.17) is 0 Å². The first kappa shape index (κ1) is 12.5. The molecule has 9 heteroatoms. The van der Waals surface area contributed by atoms with Gasteiger partial charge in [-0.1, -0.05) is 12.1 Å². The van der Waals surface area contributed by atoms with Crippen LogP contribution in [0.1, 0.15) is 11.1 Å². The molecule has 0 aliphatic carbocycles. The van der Waals surface area contributed by atoms with Gasteiger partial charge < -0.3 is 10.6 Å². The molecule has 1 aromatic rings. The maximum Gasteiger partial charge on any atom is 0.418 e. The van der Waals surface area contributed by atoms with Gasteiger partial charge in [-0.05, 0) is 6.07 Å². The zero-order valence-electron chi connectivity index (χ0n) is 9.59. The Bertz CT molecular complexity index is 671. The molecule has 4 amide bonds. The third-order valence-electron chi connectivity index (χ3n) is 3.22. The van der Waals surface area contributed by atoms with Crippen LogP contribution in [-0.2, 0) is 21.3 Å². The number of hydrogen-bond acceptors (Lipinski definition) is 3. The summed E-state index contributed by atoms with van der Waals surface area (Å²) in [5.74, 6) is -2.02. The molecule has 20 heavy (non-hydrogen) atoms. The van der Waals surface area contributed by atoms with E-state index in [1.165, 1.54) is 6.07 Å². The molecule has 6 nitrogen and oxygen atoms in total. The molecule has 1 saturated heterocycles. The summed E-state index contributed by atoms with van der Waals surface area (Å²) >= 11 is 0. The van der Waals surface area contributed by atoms with E-state index < -0.39 is 40.8 Å². The Morgan fingerprint density at radius 2 is 1.65 bits per heavy atom. The second kappa shape index (κ2) is 3.50. The van der Waals surface area contributed by atoms with Gasteiger partial charge in [-0.15, -0.1) is 0 Å². The van der Waals surface area contributed by atoms with E-state index in [-0.39, 0.29) is 5.56 Å². The first-order valence-corrected chi connectivity index (χ1v) is 5.42. The fraction of sp³-hybridized carbons (Fsp3) is 0.182. The van der Waals surface area contributed by atoms with Gasteiger partial charge in [0.2, 0.25) is 5.54 Å². The van der Waals surface area contributed by atoms with Crippen LogP contribution in [0.25, 0.3) is 0 Å². The number of para-hydroxylation sites is 1. The maximum atomic E-state index is 12.9. The number of nitrogens with one attached hydrogen (secondary N) is 3. The number of alkyl halides is 3. The van der Waals surface area contributed by atoms with Gasteiger partial charge in [0.1, 0.15) is 0 Å². The van der Waals surface area contributed by atoms with Gasteiger partial charge in [-0.3, -0.25) is 14.9 Å². The number of hydrogen-bond donors (Lipinski definition) is 3. The van der Waals surface area contributed by atoms with Crippen LogP contribution in [0.15, 0.2) is 18.2 Å². The number of carbonyl (C=O) groups is 3. The molecule has 1 aromatic carbocycles. The monoisotopic (exact) mass is 285 g/mol. The van der Waals surface area contributed by atoms with Crippen LogP contribution in [-0.4, -0.2) is 17.8 Å². The molecule has 1 fully saturated rings. The SMILES string of the molecule is O=C1NC(=O)C2(N1)C(=O)Nc1c(C(F)(F)F)cccc12. The van der Waals surface area contributed by atoms with Gasteiger partial charge in [0.25, 0.3) is 11.8 Å². The van der Waals surface area contributed by atoms with Crippen molar-refractivity contribution in [1.29, 1.82) is 0 Å². The Morgan fingerprint density at radius 3 is 2.20 bits per heavy atom. The molecule has 2 aliphatic heterocycles. The van der Waals surface area contributed by atoms with Crippen LogP contribution >= 0.6 is 0 Å². The predicted octanol–water partition coefficient (Wildman–Crippen LogP) is 0.692. The number of anilines is 1. The second-order valence-corrected chi connectivity index (χ2v) is 4.34. The summed E-state index contributed by atoms with van der Waals surface area (Å²) in [6.07, 6.45) is -4.69. The summed E-state index contributed by atoms with van der Waals surface area (Å²) in [5.41, 5.74) is -3.94. The van der Waals surface area contributed by atoms with Gasteiger partial charge >= 0.3 is 12.2 Å². The van der Waals surface area contributed by atoms with Crippen molar-refractivity contribution in [2.24, 2.45) is 0 Å². The van der Waals surface area contributed by atoms with Crippen LogP contribution in [0.4, 0.5) is 23.7 Å². The molecule has 1 atom stereocenters. The van der Waals surface area contributed by atoms with Crippen molar-refractivity contribution in [2.45, 2.75) is 11.7 Å². The summed E-state index contributed by atoms with van der Waals surface area (Å²) in [4.78, 5) is 34.9. The standard InChI is InChI=1S/C11H6F3N3O3/c12-11(13,14)5-3-1-2-4-6(5)15-7(18)10(4)8(19)16-9(20)17-10/h1-3H,(H,15,18)(H2,16,17,19,20). The number of amides is 4. The highest BCUT2D eigenvalue weighted by Crippen LogP contribution is 2.45. The molecule has 1 unspecified atom stereocenters. The summed E-state index contributed by atoms with van der Waals surface area (Å²) in [7, 11) is 0. The Labute approximate surface area is 109 Å².